The molecular weight excluding hydrogens is 193 g/mol. The lowest BCUT2D eigenvalue weighted by atomic mass is 10.1. The zero-order valence-corrected chi connectivity index (χ0v) is 7.94. The largest absolute Gasteiger partial charge is 0.398 e. The second kappa shape index (κ2) is 3.57. The van der Waals surface area contributed by atoms with Crippen molar-refractivity contribution >= 4 is 11.4 Å². The lowest BCUT2D eigenvalue weighted by Gasteiger charge is -2.07. The molecule has 0 atom stereocenters. The number of anilines is 2. The molecule has 4 heteroatoms. The maximum atomic E-state index is 13.0. The summed E-state index contributed by atoms with van der Waals surface area (Å²) in [6.07, 6.45) is 1.59. The Bertz CT molecular complexity index is 497. The van der Waals surface area contributed by atoms with Gasteiger partial charge in [0.2, 0.25) is 0 Å². The van der Waals surface area contributed by atoms with E-state index >= 15 is 0 Å². The van der Waals surface area contributed by atoms with Gasteiger partial charge < -0.3 is 11.5 Å². The zero-order chi connectivity index (χ0) is 10.8. The van der Waals surface area contributed by atoms with Crippen LogP contribution >= 0.6 is 0 Å². The molecule has 76 valence electrons. The van der Waals surface area contributed by atoms with Gasteiger partial charge in [0.1, 0.15) is 5.82 Å². The predicted molar refractivity (Wildman–Crippen MR) is 58.5 cm³/mol. The lowest BCUT2D eigenvalue weighted by Crippen LogP contribution is -1.97. The van der Waals surface area contributed by atoms with Gasteiger partial charge in [-0.25, -0.2) is 4.39 Å². The smallest absolute Gasteiger partial charge is 0.124 e. The Kier molecular flexibility index (Phi) is 2.25. The highest BCUT2D eigenvalue weighted by molar-refractivity contribution is 5.81. The van der Waals surface area contributed by atoms with Crippen molar-refractivity contribution in [3.05, 3.63) is 42.3 Å². The molecule has 2 aromatic rings. The number of hydrogen-bond donors (Lipinski definition) is 2. The standard InChI is InChI=1S/C11H10FN3/c12-7-3-4-9(13)8(6-7)11-10(14)2-1-5-15-11/h1-6H,13-14H2. The number of rotatable bonds is 1. The number of nitrogens with two attached hydrogens (primary N) is 2. The Hall–Kier alpha value is -2.10. The van der Waals surface area contributed by atoms with Crippen LogP contribution in [-0.4, -0.2) is 4.98 Å². The van der Waals surface area contributed by atoms with Crippen LogP contribution in [0.1, 0.15) is 0 Å². The lowest BCUT2D eigenvalue weighted by molar-refractivity contribution is 0.628. The number of aromatic nitrogens is 1. The van der Waals surface area contributed by atoms with Crippen molar-refractivity contribution in [1.82, 2.24) is 4.98 Å². The molecule has 0 aliphatic rings. The Labute approximate surface area is 86.6 Å². The molecule has 3 nitrogen and oxygen atoms in total. The minimum absolute atomic E-state index is 0.357. The summed E-state index contributed by atoms with van der Waals surface area (Å²) in [5.74, 6) is -0.357. The summed E-state index contributed by atoms with van der Waals surface area (Å²) >= 11 is 0. The second-order valence-electron chi connectivity index (χ2n) is 3.17. The van der Waals surface area contributed by atoms with Crippen LogP contribution in [0, 0.1) is 5.82 Å². The number of nitrogens with zero attached hydrogens (tertiary/aromatic N) is 1. The number of halogens is 1. The molecule has 0 spiro atoms. The van der Waals surface area contributed by atoms with Crippen LogP contribution < -0.4 is 11.5 Å². The molecule has 0 aliphatic carbocycles. The summed E-state index contributed by atoms with van der Waals surface area (Å²) in [6.45, 7) is 0. The molecule has 0 radical (unpaired) electrons. The highest BCUT2D eigenvalue weighted by atomic mass is 19.1. The molecular formula is C11H10FN3. The molecule has 1 aromatic carbocycles. The van der Waals surface area contributed by atoms with Gasteiger partial charge in [-0.3, -0.25) is 4.98 Å². The summed E-state index contributed by atoms with van der Waals surface area (Å²) in [7, 11) is 0. The van der Waals surface area contributed by atoms with Gasteiger partial charge in [0.15, 0.2) is 0 Å². The van der Waals surface area contributed by atoms with Gasteiger partial charge >= 0.3 is 0 Å². The first-order valence-corrected chi connectivity index (χ1v) is 4.44. The van der Waals surface area contributed by atoms with Crippen LogP contribution in [0.25, 0.3) is 11.3 Å². The van der Waals surface area contributed by atoms with Gasteiger partial charge in [-0.05, 0) is 30.3 Å². The minimum Gasteiger partial charge on any atom is -0.398 e. The van der Waals surface area contributed by atoms with Gasteiger partial charge in [-0.2, -0.15) is 0 Å². The molecule has 0 unspecified atom stereocenters. The Balaban J connectivity index is 2.64. The SMILES string of the molecule is Nc1ccc(F)cc1-c1ncccc1N. The van der Waals surface area contributed by atoms with E-state index in [0.29, 0.717) is 22.6 Å². The molecule has 0 bridgehead atoms. The summed E-state index contributed by atoms with van der Waals surface area (Å²) in [6, 6.07) is 7.55. The van der Waals surface area contributed by atoms with Gasteiger partial charge in [0.05, 0.1) is 11.4 Å². The van der Waals surface area contributed by atoms with Crippen LogP contribution in [0.3, 0.4) is 0 Å². The number of benzene rings is 1. The van der Waals surface area contributed by atoms with Gasteiger partial charge in [0, 0.05) is 17.4 Å². The molecule has 0 saturated carbocycles. The fraction of sp³-hybridized carbons (Fsp3) is 0. The average molecular weight is 203 g/mol. The average Bonchev–Trinajstić information content (AvgIpc) is 2.23. The van der Waals surface area contributed by atoms with Crippen molar-refractivity contribution in [2.24, 2.45) is 0 Å². The fourth-order valence-electron chi connectivity index (χ4n) is 1.38. The molecule has 0 saturated heterocycles. The molecule has 0 amide bonds. The van der Waals surface area contributed by atoms with E-state index in [-0.39, 0.29) is 5.82 Å². The van der Waals surface area contributed by atoms with Crippen LogP contribution in [0.4, 0.5) is 15.8 Å². The Morgan fingerprint density at radius 3 is 2.60 bits per heavy atom. The molecule has 1 heterocycles. The van der Waals surface area contributed by atoms with Crippen LogP contribution in [0.15, 0.2) is 36.5 Å². The molecule has 4 N–H and O–H groups in total. The first-order chi connectivity index (χ1) is 7.18. The fourth-order valence-corrected chi connectivity index (χ4v) is 1.38. The molecule has 0 aliphatic heterocycles. The summed E-state index contributed by atoms with van der Waals surface area (Å²) in [4.78, 5) is 4.08. The summed E-state index contributed by atoms with van der Waals surface area (Å²) in [5.41, 5.74) is 13.4. The van der Waals surface area contributed by atoms with Crippen molar-refractivity contribution in [3.8, 4) is 11.3 Å². The zero-order valence-electron chi connectivity index (χ0n) is 7.94. The summed E-state index contributed by atoms with van der Waals surface area (Å²) < 4.78 is 13.0. The van der Waals surface area contributed by atoms with E-state index in [1.54, 1.807) is 18.3 Å². The van der Waals surface area contributed by atoms with E-state index in [2.05, 4.69) is 4.98 Å². The Morgan fingerprint density at radius 2 is 1.87 bits per heavy atom. The van der Waals surface area contributed by atoms with E-state index in [0.717, 1.165) is 0 Å². The van der Waals surface area contributed by atoms with E-state index in [1.165, 1.54) is 18.2 Å². The molecule has 2 rings (SSSR count). The van der Waals surface area contributed by atoms with Crippen LogP contribution in [0.5, 0.6) is 0 Å². The van der Waals surface area contributed by atoms with E-state index in [4.69, 9.17) is 11.5 Å². The first kappa shape index (κ1) is 9.45. The quantitative estimate of drug-likeness (QED) is 0.697. The third kappa shape index (κ3) is 1.74. The van der Waals surface area contributed by atoms with Crippen LogP contribution in [-0.2, 0) is 0 Å². The molecule has 0 fully saturated rings. The minimum atomic E-state index is -0.357. The second-order valence-corrected chi connectivity index (χ2v) is 3.17. The number of hydrogen-bond acceptors (Lipinski definition) is 3. The van der Waals surface area contributed by atoms with Gasteiger partial charge in [-0.15, -0.1) is 0 Å². The maximum absolute atomic E-state index is 13.0. The van der Waals surface area contributed by atoms with Crippen molar-refractivity contribution < 1.29 is 4.39 Å². The highest BCUT2D eigenvalue weighted by Gasteiger charge is 2.08. The van der Waals surface area contributed by atoms with Gasteiger partial charge in [-0.1, -0.05) is 0 Å². The van der Waals surface area contributed by atoms with E-state index in [9.17, 15) is 4.39 Å². The Morgan fingerprint density at radius 1 is 1.07 bits per heavy atom. The van der Waals surface area contributed by atoms with Crippen molar-refractivity contribution in [1.29, 1.82) is 0 Å². The topological polar surface area (TPSA) is 64.9 Å². The van der Waals surface area contributed by atoms with E-state index in [1.807, 2.05) is 0 Å². The van der Waals surface area contributed by atoms with E-state index < -0.39 is 0 Å². The van der Waals surface area contributed by atoms with Crippen molar-refractivity contribution in [2.75, 3.05) is 11.5 Å². The summed E-state index contributed by atoms with van der Waals surface area (Å²) in [5, 5.41) is 0. The van der Waals surface area contributed by atoms with Crippen molar-refractivity contribution in [3.63, 3.8) is 0 Å². The van der Waals surface area contributed by atoms with Crippen LogP contribution in [0.2, 0.25) is 0 Å². The third-order valence-electron chi connectivity index (χ3n) is 2.11. The van der Waals surface area contributed by atoms with Crippen molar-refractivity contribution in [2.45, 2.75) is 0 Å². The first-order valence-electron chi connectivity index (χ1n) is 4.44. The highest BCUT2D eigenvalue weighted by Crippen LogP contribution is 2.28. The predicted octanol–water partition coefficient (Wildman–Crippen LogP) is 2.05. The molecule has 15 heavy (non-hydrogen) atoms. The molecule has 1 aromatic heterocycles. The normalized spacial score (nSPS) is 10.2. The van der Waals surface area contributed by atoms with Gasteiger partial charge in [0.25, 0.3) is 0 Å². The number of nitrogen functional groups attached to an aromatic ring is 2. The third-order valence-corrected chi connectivity index (χ3v) is 2.11. The monoisotopic (exact) mass is 203 g/mol. The number of pyridine rings is 1. The maximum Gasteiger partial charge on any atom is 0.124 e.